The molecule has 2 aromatic carbocycles. The minimum absolute atomic E-state index is 0.121. The second kappa shape index (κ2) is 11.0. The molecule has 2 heterocycles. The van der Waals surface area contributed by atoms with E-state index >= 15 is 0 Å². The molecule has 1 amide bonds. The zero-order valence-electron chi connectivity index (χ0n) is 20.2. The van der Waals surface area contributed by atoms with Gasteiger partial charge in [-0.25, -0.2) is 4.79 Å². The minimum atomic E-state index is -0.947. The third-order valence-electron chi connectivity index (χ3n) is 6.93. The minimum Gasteiger partial charge on any atom is -0.478 e. The number of nitrogens with zero attached hydrogens (tertiary/aromatic N) is 3. The van der Waals surface area contributed by atoms with Gasteiger partial charge < -0.3 is 10.0 Å². The van der Waals surface area contributed by atoms with Crippen molar-refractivity contribution in [1.82, 2.24) is 14.7 Å². The summed E-state index contributed by atoms with van der Waals surface area (Å²) in [5.41, 5.74) is 4.05. The summed E-state index contributed by atoms with van der Waals surface area (Å²) in [7, 11) is 0. The molecule has 6 heteroatoms. The van der Waals surface area contributed by atoms with Gasteiger partial charge in [-0.3, -0.25) is 14.6 Å². The van der Waals surface area contributed by atoms with E-state index in [1.807, 2.05) is 41.3 Å². The molecule has 0 unspecified atom stereocenters. The van der Waals surface area contributed by atoms with Gasteiger partial charge in [-0.15, -0.1) is 0 Å². The van der Waals surface area contributed by atoms with E-state index in [0.29, 0.717) is 13.1 Å². The standard InChI is InChI=1S/C28H35N3O3/c1-21-17-30(28(34)26-7-5-6-25(16-26)19-29-14-3-4-15-29)18-22(2)31(21)20-24-10-8-23(9-11-24)12-13-27(32)33/h5-13,16,21-22H,3-4,14-15,17-20H2,1-2H3,(H,32,33)/b13-12+/t21-,22+. The highest BCUT2D eigenvalue weighted by molar-refractivity contribution is 5.94. The summed E-state index contributed by atoms with van der Waals surface area (Å²) in [6.45, 7) is 9.81. The lowest BCUT2D eigenvalue weighted by molar-refractivity contribution is -0.131. The number of carboxylic acid groups (broad SMARTS) is 1. The number of carboxylic acids is 1. The van der Waals surface area contributed by atoms with E-state index in [-0.39, 0.29) is 18.0 Å². The Kier molecular flexibility index (Phi) is 7.80. The van der Waals surface area contributed by atoms with Crippen LogP contribution in [0, 0.1) is 0 Å². The van der Waals surface area contributed by atoms with Crippen LogP contribution in [0.15, 0.2) is 54.6 Å². The Morgan fingerprint density at radius 3 is 2.26 bits per heavy atom. The molecular formula is C28H35N3O3. The SMILES string of the molecule is C[C@@H]1CN(C(=O)c2cccc(CN3CCCC3)c2)C[C@H](C)N1Cc1ccc(/C=C/C(=O)O)cc1. The zero-order valence-corrected chi connectivity index (χ0v) is 20.2. The number of hydrogen-bond donors (Lipinski definition) is 1. The van der Waals surface area contributed by atoms with Crippen LogP contribution >= 0.6 is 0 Å². The van der Waals surface area contributed by atoms with Crippen molar-refractivity contribution in [2.45, 2.75) is 51.9 Å². The van der Waals surface area contributed by atoms with Crippen molar-refractivity contribution in [1.29, 1.82) is 0 Å². The Morgan fingerprint density at radius 2 is 1.62 bits per heavy atom. The second-order valence-electron chi connectivity index (χ2n) is 9.68. The average Bonchev–Trinajstić information content (AvgIpc) is 3.33. The van der Waals surface area contributed by atoms with Gasteiger partial charge in [0.1, 0.15) is 0 Å². The maximum absolute atomic E-state index is 13.3. The topological polar surface area (TPSA) is 64.1 Å². The Balaban J connectivity index is 1.37. The molecule has 2 fully saturated rings. The van der Waals surface area contributed by atoms with Crippen LogP contribution in [0.2, 0.25) is 0 Å². The Hall–Kier alpha value is -2.96. The van der Waals surface area contributed by atoms with Gasteiger partial charge in [-0.2, -0.15) is 0 Å². The van der Waals surface area contributed by atoms with Crippen LogP contribution in [0.5, 0.6) is 0 Å². The third-order valence-corrected chi connectivity index (χ3v) is 6.93. The maximum atomic E-state index is 13.3. The van der Waals surface area contributed by atoms with Crippen molar-refractivity contribution in [2.75, 3.05) is 26.2 Å². The van der Waals surface area contributed by atoms with E-state index in [4.69, 9.17) is 5.11 Å². The highest BCUT2D eigenvalue weighted by Crippen LogP contribution is 2.22. The molecule has 0 aliphatic carbocycles. The molecule has 0 aromatic heterocycles. The quantitative estimate of drug-likeness (QED) is 0.629. The predicted octanol–water partition coefficient (Wildman–Crippen LogP) is 4.12. The van der Waals surface area contributed by atoms with Crippen molar-refractivity contribution in [3.63, 3.8) is 0 Å². The molecule has 0 radical (unpaired) electrons. The molecule has 1 N–H and O–H groups in total. The van der Waals surface area contributed by atoms with Crippen LogP contribution in [0.25, 0.3) is 6.08 Å². The molecule has 2 saturated heterocycles. The first-order valence-corrected chi connectivity index (χ1v) is 12.3. The molecule has 0 spiro atoms. The fourth-order valence-electron chi connectivity index (χ4n) is 5.13. The number of carbonyl (C=O) groups is 2. The molecule has 2 aromatic rings. The lowest BCUT2D eigenvalue weighted by Gasteiger charge is -2.44. The Bertz CT molecular complexity index is 1020. The number of piperazine rings is 1. The number of likely N-dealkylation sites (tertiary alicyclic amines) is 1. The Labute approximate surface area is 202 Å². The molecule has 6 nitrogen and oxygen atoms in total. The third kappa shape index (κ3) is 6.13. The fourth-order valence-corrected chi connectivity index (χ4v) is 5.13. The highest BCUT2D eigenvalue weighted by Gasteiger charge is 2.32. The predicted molar refractivity (Wildman–Crippen MR) is 134 cm³/mol. The van der Waals surface area contributed by atoms with Crippen LogP contribution in [-0.2, 0) is 17.9 Å². The van der Waals surface area contributed by atoms with E-state index in [0.717, 1.165) is 43.4 Å². The zero-order chi connectivity index (χ0) is 24.1. The average molecular weight is 462 g/mol. The molecule has 4 rings (SSSR count). The van der Waals surface area contributed by atoms with Crippen molar-refractivity contribution in [3.05, 3.63) is 76.9 Å². The van der Waals surface area contributed by atoms with Gasteiger partial charge in [0.25, 0.3) is 5.91 Å². The van der Waals surface area contributed by atoms with Gasteiger partial charge in [-0.1, -0.05) is 36.4 Å². The van der Waals surface area contributed by atoms with Crippen molar-refractivity contribution >= 4 is 18.0 Å². The first-order valence-electron chi connectivity index (χ1n) is 12.3. The summed E-state index contributed by atoms with van der Waals surface area (Å²) >= 11 is 0. The molecule has 2 aliphatic heterocycles. The van der Waals surface area contributed by atoms with E-state index in [9.17, 15) is 9.59 Å². The van der Waals surface area contributed by atoms with E-state index < -0.39 is 5.97 Å². The highest BCUT2D eigenvalue weighted by atomic mass is 16.4. The van der Waals surface area contributed by atoms with Gasteiger partial charge in [0.2, 0.25) is 0 Å². The van der Waals surface area contributed by atoms with Crippen LogP contribution in [-0.4, -0.2) is 69.9 Å². The van der Waals surface area contributed by atoms with E-state index in [1.54, 1.807) is 6.08 Å². The van der Waals surface area contributed by atoms with Gasteiger partial charge in [0.05, 0.1) is 0 Å². The normalized spacial score (nSPS) is 21.9. The number of amides is 1. The van der Waals surface area contributed by atoms with E-state index in [2.05, 4.69) is 35.8 Å². The van der Waals surface area contributed by atoms with Crippen LogP contribution in [0.3, 0.4) is 0 Å². The molecule has 180 valence electrons. The van der Waals surface area contributed by atoms with Crippen molar-refractivity contribution in [2.24, 2.45) is 0 Å². The number of benzene rings is 2. The fraction of sp³-hybridized carbons (Fsp3) is 0.429. The first-order chi connectivity index (χ1) is 16.4. The van der Waals surface area contributed by atoms with Gasteiger partial charge >= 0.3 is 5.97 Å². The first kappa shape index (κ1) is 24.2. The summed E-state index contributed by atoms with van der Waals surface area (Å²) in [6, 6.07) is 16.6. The van der Waals surface area contributed by atoms with Crippen LogP contribution in [0.1, 0.15) is 53.7 Å². The monoisotopic (exact) mass is 461 g/mol. The molecular weight excluding hydrogens is 426 g/mol. The number of hydrogen-bond acceptors (Lipinski definition) is 4. The molecule has 2 aliphatic rings. The lowest BCUT2D eigenvalue weighted by Crippen LogP contribution is -2.57. The summed E-state index contributed by atoms with van der Waals surface area (Å²) in [5.74, 6) is -0.825. The van der Waals surface area contributed by atoms with Gasteiger partial charge in [-0.05, 0) is 74.7 Å². The molecule has 2 atom stereocenters. The molecule has 34 heavy (non-hydrogen) atoms. The molecule has 0 saturated carbocycles. The number of carbonyl (C=O) groups excluding carboxylic acids is 1. The Morgan fingerprint density at radius 1 is 0.941 bits per heavy atom. The van der Waals surface area contributed by atoms with E-state index in [1.165, 1.54) is 24.0 Å². The van der Waals surface area contributed by atoms with Crippen LogP contribution in [0.4, 0.5) is 0 Å². The number of aliphatic carboxylic acids is 1. The molecule has 0 bridgehead atoms. The maximum Gasteiger partial charge on any atom is 0.328 e. The lowest BCUT2D eigenvalue weighted by atomic mass is 10.0. The number of rotatable bonds is 7. The van der Waals surface area contributed by atoms with Gasteiger partial charge in [0.15, 0.2) is 0 Å². The largest absolute Gasteiger partial charge is 0.478 e. The second-order valence-corrected chi connectivity index (χ2v) is 9.68. The van der Waals surface area contributed by atoms with Crippen molar-refractivity contribution in [3.8, 4) is 0 Å². The summed E-state index contributed by atoms with van der Waals surface area (Å²) in [5, 5.41) is 8.78. The summed E-state index contributed by atoms with van der Waals surface area (Å²) in [6.07, 6.45) is 5.29. The summed E-state index contributed by atoms with van der Waals surface area (Å²) in [4.78, 5) is 30.9. The van der Waals surface area contributed by atoms with Crippen molar-refractivity contribution < 1.29 is 14.7 Å². The van der Waals surface area contributed by atoms with Crippen LogP contribution < -0.4 is 0 Å². The summed E-state index contributed by atoms with van der Waals surface area (Å²) < 4.78 is 0. The van der Waals surface area contributed by atoms with Gasteiger partial charge in [0, 0.05) is 49.9 Å². The smallest absolute Gasteiger partial charge is 0.328 e.